The van der Waals surface area contributed by atoms with Crippen LogP contribution in [-0.2, 0) is 21.2 Å². The number of anilines is 1. The van der Waals surface area contributed by atoms with Crippen LogP contribution in [0.25, 0.3) is 22.2 Å². The zero-order chi connectivity index (χ0) is 25.3. The van der Waals surface area contributed by atoms with E-state index in [1.54, 1.807) is 34.8 Å². The summed E-state index contributed by atoms with van der Waals surface area (Å²) in [5.41, 5.74) is 5.32. The van der Waals surface area contributed by atoms with Crippen LogP contribution in [0, 0.1) is 13.8 Å². The van der Waals surface area contributed by atoms with Gasteiger partial charge in [0.2, 0.25) is 15.9 Å². The Morgan fingerprint density at radius 2 is 1.81 bits per heavy atom. The van der Waals surface area contributed by atoms with Gasteiger partial charge in [0.25, 0.3) is 0 Å². The van der Waals surface area contributed by atoms with Gasteiger partial charge in [0.05, 0.1) is 23.3 Å². The number of benzene rings is 2. The van der Waals surface area contributed by atoms with Gasteiger partial charge < -0.3 is 9.73 Å². The van der Waals surface area contributed by atoms with Crippen molar-refractivity contribution in [1.82, 2.24) is 9.29 Å². The number of aromatic nitrogens is 1. The van der Waals surface area contributed by atoms with E-state index < -0.39 is 10.0 Å². The summed E-state index contributed by atoms with van der Waals surface area (Å²) in [6.07, 6.45) is 5.79. The van der Waals surface area contributed by atoms with Crippen LogP contribution >= 0.6 is 11.3 Å². The Labute approximate surface area is 215 Å². The summed E-state index contributed by atoms with van der Waals surface area (Å²) in [5.74, 6) is -0.169. The summed E-state index contributed by atoms with van der Waals surface area (Å²) in [6.45, 7) is 5.19. The molecule has 188 valence electrons. The third-order valence-electron chi connectivity index (χ3n) is 6.55. The Morgan fingerprint density at radius 1 is 1.08 bits per heavy atom. The highest BCUT2D eigenvalue weighted by molar-refractivity contribution is 7.89. The van der Waals surface area contributed by atoms with Crippen LogP contribution in [0.5, 0.6) is 0 Å². The van der Waals surface area contributed by atoms with E-state index >= 15 is 0 Å². The molecule has 3 heterocycles. The normalized spacial score (nSPS) is 15.2. The number of furan rings is 1. The number of fused-ring (bicyclic) bond motifs is 1. The quantitative estimate of drug-likeness (QED) is 0.339. The maximum absolute atomic E-state index is 13.0. The standard InChI is InChI=1S/C27H29N3O4S2/c1-18-13-19(2)26-21(16-34-24(26)14-18)15-25(31)29-27-28-23(17-35-27)20-7-9-22(10-8-20)36(32,33)30-11-5-3-4-6-12-30/h7-10,13-14,16-17H,3-6,11-12,15H2,1-2H3,(H,28,29,31). The number of sulfonamides is 1. The van der Waals surface area contributed by atoms with Crippen LogP contribution in [0.2, 0.25) is 0 Å². The Hall–Kier alpha value is -3.01. The van der Waals surface area contributed by atoms with Gasteiger partial charge in [0.15, 0.2) is 5.13 Å². The third-order valence-corrected chi connectivity index (χ3v) is 9.22. The molecule has 0 radical (unpaired) electrons. The van der Waals surface area contributed by atoms with Crippen LogP contribution in [0.4, 0.5) is 5.13 Å². The van der Waals surface area contributed by atoms with E-state index in [9.17, 15) is 13.2 Å². The minimum atomic E-state index is -3.49. The summed E-state index contributed by atoms with van der Waals surface area (Å²) in [7, 11) is -3.49. The predicted molar refractivity (Wildman–Crippen MR) is 143 cm³/mol. The maximum atomic E-state index is 13.0. The second-order valence-electron chi connectivity index (χ2n) is 9.32. The van der Waals surface area contributed by atoms with Gasteiger partial charge in [-0.3, -0.25) is 4.79 Å². The van der Waals surface area contributed by atoms with Crippen LogP contribution in [-0.4, -0.2) is 36.7 Å². The Morgan fingerprint density at radius 3 is 2.53 bits per heavy atom. The van der Waals surface area contributed by atoms with E-state index in [0.29, 0.717) is 28.8 Å². The smallest absolute Gasteiger partial charge is 0.243 e. The fourth-order valence-electron chi connectivity index (χ4n) is 4.79. The van der Waals surface area contributed by atoms with Gasteiger partial charge in [-0.25, -0.2) is 13.4 Å². The van der Waals surface area contributed by atoms with Crippen molar-refractivity contribution in [3.05, 3.63) is 64.7 Å². The largest absolute Gasteiger partial charge is 0.464 e. The van der Waals surface area contributed by atoms with E-state index in [1.165, 1.54) is 11.3 Å². The van der Waals surface area contributed by atoms with Crippen molar-refractivity contribution in [2.45, 2.75) is 50.8 Å². The van der Waals surface area contributed by atoms with Crippen molar-refractivity contribution in [3.63, 3.8) is 0 Å². The molecule has 0 spiro atoms. The molecule has 1 aliphatic heterocycles. The van der Waals surface area contributed by atoms with Crippen LogP contribution in [0.1, 0.15) is 42.4 Å². The van der Waals surface area contributed by atoms with Crippen molar-refractivity contribution in [2.75, 3.05) is 18.4 Å². The third kappa shape index (κ3) is 5.09. The lowest BCUT2D eigenvalue weighted by Gasteiger charge is -2.19. The summed E-state index contributed by atoms with van der Waals surface area (Å²) in [6, 6.07) is 10.9. The summed E-state index contributed by atoms with van der Waals surface area (Å²) >= 11 is 1.34. The molecule has 1 aliphatic rings. The molecule has 1 N–H and O–H groups in total. The molecule has 2 aromatic heterocycles. The average molecular weight is 524 g/mol. The fraction of sp³-hybridized carbons (Fsp3) is 0.333. The average Bonchev–Trinajstić information content (AvgIpc) is 3.36. The van der Waals surface area contributed by atoms with Gasteiger partial charge in [-0.05, 0) is 56.0 Å². The molecule has 36 heavy (non-hydrogen) atoms. The van der Waals surface area contributed by atoms with Crippen molar-refractivity contribution in [2.24, 2.45) is 0 Å². The van der Waals surface area contributed by atoms with Gasteiger partial charge in [0, 0.05) is 35.0 Å². The second-order valence-corrected chi connectivity index (χ2v) is 12.1. The molecule has 0 aliphatic carbocycles. The molecule has 2 aromatic carbocycles. The molecular weight excluding hydrogens is 494 g/mol. The molecule has 1 saturated heterocycles. The van der Waals surface area contributed by atoms with Gasteiger partial charge in [0.1, 0.15) is 5.58 Å². The molecule has 7 nitrogen and oxygen atoms in total. The minimum absolute atomic E-state index is 0.169. The number of nitrogens with one attached hydrogen (secondary N) is 1. The van der Waals surface area contributed by atoms with Crippen LogP contribution in [0.15, 0.2) is 57.4 Å². The van der Waals surface area contributed by atoms with Gasteiger partial charge in [-0.2, -0.15) is 4.31 Å². The topological polar surface area (TPSA) is 92.5 Å². The number of hydrogen-bond donors (Lipinski definition) is 1. The Bertz CT molecular complexity index is 1500. The highest BCUT2D eigenvalue weighted by Crippen LogP contribution is 2.29. The lowest BCUT2D eigenvalue weighted by atomic mass is 10.0. The molecule has 0 atom stereocenters. The zero-order valence-corrected chi connectivity index (χ0v) is 22.0. The predicted octanol–water partition coefficient (Wildman–Crippen LogP) is 5.92. The molecule has 4 aromatic rings. The van der Waals surface area contributed by atoms with Crippen molar-refractivity contribution >= 4 is 43.4 Å². The number of thiazole rings is 1. The van der Waals surface area contributed by atoms with Crippen LogP contribution < -0.4 is 5.32 Å². The molecule has 9 heteroatoms. The van der Waals surface area contributed by atoms with Crippen molar-refractivity contribution in [1.29, 1.82) is 0 Å². The van der Waals surface area contributed by atoms with Gasteiger partial charge in [-0.1, -0.05) is 31.0 Å². The molecule has 1 fully saturated rings. The number of nitrogens with zero attached hydrogens (tertiary/aromatic N) is 2. The molecule has 0 saturated carbocycles. The number of amides is 1. The first-order chi connectivity index (χ1) is 17.3. The molecule has 0 unspecified atom stereocenters. The highest BCUT2D eigenvalue weighted by atomic mass is 32.2. The molecule has 1 amide bonds. The van der Waals surface area contributed by atoms with Gasteiger partial charge in [-0.15, -0.1) is 11.3 Å². The van der Waals surface area contributed by atoms with Crippen molar-refractivity contribution in [3.8, 4) is 11.3 Å². The van der Waals surface area contributed by atoms with Gasteiger partial charge >= 0.3 is 0 Å². The van der Waals surface area contributed by atoms with E-state index in [-0.39, 0.29) is 12.3 Å². The lowest BCUT2D eigenvalue weighted by molar-refractivity contribution is -0.115. The van der Waals surface area contributed by atoms with E-state index in [1.807, 2.05) is 25.3 Å². The summed E-state index contributed by atoms with van der Waals surface area (Å²) in [4.78, 5) is 17.6. The number of rotatable bonds is 6. The SMILES string of the molecule is Cc1cc(C)c2c(CC(=O)Nc3nc(-c4ccc(S(=O)(=O)N5CCCCCC5)cc4)cs3)coc2c1. The maximum Gasteiger partial charge on any atom is 0.243 e. The first-order valence-corrected chi connectivity index (χ1v) is 14.5. The first kappa shape index (κ1) is 24.7. The Balaban J connectivity index is 1.26. The summed E-state index contributed by atoms with van der Waals surface area (Å²) in [5, 5.41) is 6.20. The highest BCUT2D eigenvalue weighted by Gasteiger charge is 2.25. The number of carbonyl (C=O) groups excluding carboxylic acids is 1. The number of hydrogen-bond acceptors (Lipinski definition) is 6. The number of carbonyl (C=O) groups is 1. The minimum Gasteiger partial charge on any atom is -0.464 e. The van der Waals surface area contributed by atoms with E-state index in [2.05, 4.69) is 16.4 Å². The number of aryl methyl sites for hydroxylation is 2. The fourth-order valence-corrected chi connectivity index (χ4v) is 7.04. The monoisotopic (exact) mass is 523 g/mol. The Kier molecular flexibility index (Phi) is 6.96. The summed E-state index contributed by atoms with van der Waals surface area (Å²) < 4.78 is 33.3. The van der Waals surface area contributed by atoms with E-state index in [0.717, 1.165) is 58.9 Å². The molecule has 5 rings (SSSR count). The lowest BCUT2D eigenvalue weighted by Crippen LogP contribution is -2.31. The molecular formula is C27H29N3O4S2. The van der Waals surface area contributed by atoms with E-state index in [4.69, 9.17) is 4.42 Å². The molecule has 0 bridgehead atoms. The second kappa shape index (κ2) is 10.2. The van der Waals surface area contributed by atoms with Crippen LogP contribution in [0.3, 0.4) is 0 Å². The zero-order valence-electron chi connectivity index (χ0n) is 20.4. The first-order valence-electron chi connectivity index (χ1n) is 12.1. The van der Waals surface area contributed by atoms with Crippen molar-refractivity contribution < 1.29 is 17.6 Å².